The highest BCUT2D eigenvalue weighted by molar-refractivity contribution is 5.70. The predicted octanol–water partition coefficient (Wildman–Crippen LogP) is 1.84. The molecule has 0 radical (unpaired) electrons. The van der Waals surface area contributed by atoms with Crippen LogP contribution in [0.5, 0.6) is 0 Å². The minimum Gasteiger partial charge on any atom is -0.466 e. The highest BCUT2D eigenvalue weighted by Gasteiger charge is 2.25. The summed E-state index contributed by atoms with van der Waals surface area (Å²) in [6.45, 7) is 5.31. The fourth-order valence-corrected chi connectivity index (χ4v) is 2.32. The minimum atomic E-state index is -0.143. The van der Waals surface area contributed by atoms with Crippen molar-refractivity contribution in [1.29, 1.82) is 0 Å². The first-order valence-corrected chi connectivity index (χ1v) is 6.81. The molecule has 0 N–H and O–H groups in total. The zero-order valence-corrected chi connectivity index (χ0v) is 11.4. The van der Waals surface area contributed by atoms with E-state index in [4.69, 9.17) is 9.47 Å². The molecule has 104 valence electrons. The van der Waals surface area contributed by atoms with E-state index in [1.54, 1.807) is 0 Å². The van der Waals surface area contributed by atoms with Gasteiger partial charge in [-0.3, -0.25) is 9.69 Å². The van der Waals surface area contributed by atoms with E-state index in [0.717, 1.165) is 19.7 Å². The topological polar surface area (TPSA) is 38.8 Å². The number of esters is 1. The number of benzene rings is 1. The average molecular weight is 263 g/mol. The number of nitrogens with zero attached hydrogens (tertiary/aromatic N) is 1. The van der Waals surface area contributed by atoms with E-state index in [0.29, 0.717) is 19.6 Å². The van der Waals surface area contributed by atoms with Crippen molar-refractivity contribution in [3.8, 4) is 0 Å². The van der Waals surface area contributed by atoms with Gasteiger partial charge in [-0.25, -0.2) is 0 Å². The molecule has 0 amide bonds. The SMILES string of the molecule is CCOC(=O)CC1COCCN1Cc1ccccc1. The maximum absolute atomic E-state index is 11.6. The lowest BCUT2D eigenvalue weighted by Gasteiger charge is -2.35. The van der Waals surface area contributed by atoms with Gasteiger partial charge in [-0.2, -0.15) is 0 Å². The smallest absolute Gasteiger partial charge is 0.307 e. The highest BCUT2D eigenvalue weighted by atomic mass is 16.5. The van der Waals surface area contributed by atoms with E-state index in [1.807, 2.05) is 25.1 Å². The number of ether oxygens (including phenoxy) is 2. The minimum absolute atomic E-state index is 0.119. The summed E-state index contributed by atoms with van der Waals surface area (Å²) in [5, 5.41) is 0. The average Bonchev–Trinajstić information content (AvgIpc) is 2.42. The van der Waals surface area contributed by atoms with Gasteiger partial charge in [0.1, 0.15) is 0 Å². The Morgan fingerprint density at radius 2 is 2.21 bits per heavy atom. The maximum atomic E-state index is 11.6. The quantitative estimate of drug-likeness (QED) is 0.760. The van der Waals surface area contributed by atoms with Gasteiger partial charge in [-0.05, 0) is 12.5 Å². The Balaban J connectivity index is 1.94. The van der Waals surface area contributed by atoms with Crippen LogP contribution >= 0.6 is 0 Å². The van der Waals surface area contributed by atoms with Crippen molar-refractivity contribution in [2.24, 2.45) is 0 Å². The van der Waals surface area contributed by atoms with Crippen LogP contribution in [0.1, 0.15) is 18.9 Å². The van der Waals surface area contributed by atoms with Crippen molar-refractivity contribution in [1.82, 2.24) is 4.90 Å². The summed E-state index contributed by atoms with van der Waals surface area (Å²) in [6.07, 6.45) is 0.403. The Bertz CT molecular complexity index is 394. The van der Waals surface area contributed by atoms with Crippen LogP contribution in [0, 0.1) is 0 Å². The van der Waals surface area contributed by atoms with Gasteiger partial charge in [0, 0.05) is 19.1 Å². The van der Waals surface area contributed by atoms with Crippen molar-refractivity contribution in [3.63, 3.8) is 0 Å². The second-order valence-electron chi connectivity index (χ2n) is 4.69. The molecule has 0 saturated carbocycles. The molecule has 0 aliphatic carbocycles. The van der Waals surface area contributed by atoms with E-state index in [2.05, 4.69) is 17.0 Å². The molecule has 1 aromatic rings. The van der Waals surface area contributed by atoms with Crippen LogP contribution in [-0.2, 0) is 20.8 Å². The van der Waals surface area contributed by atoms with Crippen LogP contribution in [0.3, 0.4) is 0 Å². The fraction of sp³-hybridized carbons (Fsp3) is 0.533. The first kappa shape index (κ1) is 14.0. The molecule has 0 spiro atoms. The molecule has 2 rings (SSSR count). The number of carbonyl (C=O) groups is 1. The molecule has 1 fully saturated rings. The summed E-state index contributed by atoms with van der Waals surface area (Å²) >= 11 is 0. The molecule has 0 aromatic heterocycles. The van der Waals surface area contributed by atoms with E-state index >= 15 is 0 Å². The molecule has 1 unspecified atom stereocenters. The third-order valence-electron chi connectivity index (χ3n) is 3.29. The highest BCUT2D eigenvalue weighted by Crippen LogP contribution is 2.15. The Morgan fingerprint density at radius 3 is 2.95 bits per heavy atom. The summed E-state index contributed by atoms with van der Waals surface area (Å²) in [5.74, 6) is -0.143. The summed E-state index contributed by atoms with van der Waals surface area (Å²) in [4.78, 5) is 13.9. The monoisotopic (exact) mass is 263 g/mol. The Kier molecular flexibility index (Phi) is 5.36. The van der Waals surface area contributed by atoms with Gasteiger partial charge in [0.15, 0.2) is 0 Å². The van der Waals surface area contributed by atoms with Crippen LogP contribution in [0.15, 0.2) is 30.3 Å². The van der Waals surface area contributed by atoms with Gasteiger partial charge < -0.3 is 9.47 Å². The molecular formula is C15H21NO3. The van der Waals surface area contributed by atoms with Crippen LogP contribution in [0.2, 0.25) is 0 Å². The van der Waals surface area contributed by atoms with E-state index in [9.17, 15) is 4.79 Å². The predicted molar refractivity (Wildman–Crippen MR) is 72.7 cm³/mol. The summed E-state index contributed by atoms with van der Waals surface area (Å²) in [7, 11) is 0. The van der Waals surface area contributed by atoms with E-state index in [-0.39, 0.29) is 12.0 Å². The maximum Gasteiger partial charge on any atom is 0.307 e. The Morgan fingerprint density at radius 1 is 1.42 bits per heavy atom. The molecule has 1 aromatic carbocycles. The molecule has 1 atom stereocenters. The number of rotatable bonds is 5. The fourth-order valence-electron chi connectivity index (χ4n) is 2.32. The number of hydrogen-bond acceptors (Lipinski definition) is 4. The molecule has 1 aliphatic rings. The Hall–Kier alpha value is -1.39. The zero-order valence-electron chi connectivity index (χ0n) is 11.4. The molecule has 4 heteroatoms. The van der Waals surface area contributed by atoms with Crippen molar-refractivity contribution in [2.45, 2.75) is 25.9 Å². The second kappa shape index (κ2) is 7.26. The van der Waals surface area contributed by atoms with Gasteiger partial charge in [0.25, 0.3) is 0 Å². The van der Waals surface area contributed by atoms with E-state index in [1.165, 1.54) is 5.56 Å². The summed E-state index contributed by atoms with van der Waals surface area (Å²) in [5.41, 5.74) is 1.26. The van der Waals surface area contributed by atoms with Gasteiger partial charge >= 0.3 is 5.97 Å². The molecule has 1 aliphatic heterocycles. The molecular weight excluding hydrogens is 242 g/mol. The molecule has 1 heterocycles. The number of morpholine rings is 1. The zero-order chi connectivity index (χ0) is 13.5. The third kappa shape index (κ3) is 4.33. The van der Waals surface area contributed by atoms with Gasteiger partial charge in [-0.15, -0.1) is 0 Å². The number of carbonyl (C=O) groups excluding carboxylic acids is 1. The lowest BCUT2D eigenvalue weighted by Crippen LogP contribution is -2.46. The molecule has 19 heavy (non-hydrogen) atoms. The van der Waals surface area contributed by atoms with E-state index < -0.39 is 0 Å². The van der Waals surface area contributed by atoms with Crippen LogP contribution in [-0.4, -0.2) is 43.3 Å². The van der Waals surface area contributed by atoms with Gasteiger partial charge in [0.05, 0.1) is 26.2 Å². The molecule has 4 nitrogen and oxygen atoms in total. The van der Waals surface area contributed by atoms with Crippen molar-refractivity contribution >= 4 is 5.97 Å². The summed E-state index contributed by atoms with van der Waals surface area (Å²) < 4.78 is 10.5. The van der Waals surface area contributed by atoms with Crippen LogP contribution in [0.25, 0.3) is 0 Å². The van der Waals surface area contributed by atoms with Gasteiger partial charge in [0.2, 0.25) is 0 Å². The van der Waals surface area contributed by atoms with Crippen LogP contribution in [0.4, 0.5) is 0 Å². The first-order valence-electron chi connectivity index (χ1n) is 6.81. The Labute approximate surface area is 114 Å². The lowest BCUT2D eigenvalue weighted by molar-refractivity contribution is -0.146. The largest absolute Gasteiger partial charge is 0.466 e. The molecule has 1 saturated heterocycles. The second-order valence-corrected chi connectivity index (χ2v) is 4.69. The van der Waals surface area contributed by atoms with Crippen molar-refractivity contribution < 1.29 is 14.3 Å². The normalized spacial score (nSPS) is 20.2. The number of hydrogen-bond donors (Lipinski definition) is 0. The van der Waals surface area contributed by atoms with Crippen LogP contribution < -0.4 is 0 Å². The van der Waals surface area contributed by atoms with Gasteiger partial charge in [-0.1, -0.05) is 30.3 Å². The third-order valence-corrected chi connectivity index (χ3v) is 3.29. The van der Waals surface area contributed by atoms with Crippen molar-refractivity contribution in [2.75, 3.05) is 26.4 Å². The standard InChI is InChI=1S/C15H21NO3/c1-2-19-15(17)10-14-12-18-9-8-16(14)11-13-6-4-3-5-7-13/h3-7,14H,2,8-12H2,1H3. The summed E-state index contributed by atoms with van der Waals surface area (Å²) in [6, 6.07) is 10.4. The lowest BCUT2D eigenvalue weighted by atomic mass is 10.1. The molecule has 0 bridgehead atoms. The van der Waals surface area contributed by atoms with Crippen molar-refractivity contribution in [3.05, 3.63) is 35.9 Å². The first-order chi connectivity index (χ1) is 9.29.